The molecule has 4 atom stereocenters. The summed E-state index contributed by atoms with van der Waals surface area (Å²) in [4.78, 5) is 34.3. The first-order valence-corrected chi connectivity index (χ1v) is 6.99. The molecule has 1 amide bonds. The number of nitrogens with one attached hydrogen (secondary N) is 1. The second-order valence-electron chi connectivity index (χ2n) is 5.73. The van der Waals surface area contributed by atoms with E-state index in [1.165, 1.54) is 14.0 Å². The largest absolute Gasteiger partial charge is 0.479 e. The normalized spacial score (nSPS) is 26.4. The molecule has 0 radical (unpaired) electrons. The lowest BCUT2D eigenvalue weighted by Gasteiger charge is -2.28. The van der Waals surface area contributed by atoms with Crippen LogP contribution in [-0.2, 0) is 23.9 Å². The van der Waals surface area contributed by atoms with Crippen LogP contribution in [0.5, 0.6) is 0 Å². The standard InChI is InChI=1S/C14H23NO6/c1-7(2)5-10(15-8(3)16)12-9(14(19)20-4)6-11(21-12)13(17)18/h7,9-12H,5-6H2,1-4H3,(H,15,16)(H,17,18)/t9-,10?,11-,12-/m1/s1. The molecule has 0 spiro atoms. The highest BCUT2D eigenvalue weighted by molar-refractivity contribution is 5.78. The zero-order valence-electron chi connectivity index (χ0n) is 12.8. The van der Waals surface area contributed by atoms with Crippen molar-refractivity contribution in [3.05, 3.63) is 0 Å². The molecule has 1 heterocycles. The van der Waals surface area contributed by atoms with Crippen LogP contribution >= 0.6 is 0 Å². The summed E-state index contributed by atoms with van der Waals surface area (Å²) in [6.07, 6.45) is -1.10. The van der Waals surface area contributed by atoms with E-state index in [-0.39, 0.29) is 18.2 Å². The molecule has 120 valence electrons. The number of esters is 1. The molecule has 0 aliphatic carbocycles. The van der Waals surface area contributed by atoms with Gasteiger partial charge >= 0.3 is 11.9 Å². The second kappa shape index (κ2) is 7.40. The van der Waals surface area contributed by atoms with Crippen molar-refractivity contribution in [2.24, 2.45) is 11.8 Å². The maximum absolute atomic E-state index is 11.9. The SMILES string of the molecule is COC(=O)[C@@H]1C[C@H](C(=O)O)O[C@H]1C(CC(C)C)NC(C)=O. The number of carboxylic acid groups (broad SMARTS) is 1. The Morgan fingerprint density at radius 3 is 2.43 bits per heavy atom. The van der Waals surface area contributed by atoms with Crippen molar-refractivity contribution in [3.8, 4) is 0 Å². The summed E-state index contributed by atoms with van der Waals surface area (Å²) in [5, 5.41) is 11.8. The smallest absolute Gasteiger partial charge is 0.332 e. The number of hydrogen-bond acceptors (Lipinski definition) is 5. The molecular formula is C14H23NO6. The topological polar surface area (TPSA) is 102 Å². The fourth-order valence-corrected chi connectivity index (χ4v) is 2.66. The first kappa shape index (κ1) is 17.4. The predicted molar refractivity (Wildman–Crippen MR) is 73.5 cm³/mol. The summed E-state index contributed by atoms with van der Waals surface area (Å²) < 4.78 is 10.2. The van der Waals surface area contributed by atoms with Crippen molar-refractivity contribution >= 4 is 17.8 Å². The summed E-state index contributed by atoms with van der Waals surface area (Å²) in [5.41, 5.74) is 0. The molecule has 0 aromatic heterocycles. The molecule has 1 saturated heterocycles. The third-order valence-electron chi connectivity index (χ3n) is 3.48. The number of hydrogen-bond donors (Lipinski definition) is 2. The molecule has 7 nitrogen and oxygen atoms in total. The fourth-order valence-electron chi connectivity index (χ4n) is 2.66. The number of aliphatic carboxylic acids is 1. The van der Waals surface area contributed by atoms with E-state index in [0.29, 0.717) is 6.42 Å². The van der Waals surface area contributed by atoms with E-state index in [1.54, 1.807) is 0 Å². The Morgan fingerprint density at radius 1 is 1.38 bits per heavy atom. The Hall–Kier alpha value is -1.63. The van der Waals surface area contributed by atoms with Crippen molar-refractivity contribution in [2.45, 2.75) is 51.9 Å². The Bertz CT molecular complexity index is 408. The lowest BCUT2D eigenvalue weighted by atomic mass is 9.89. The molecule has 0 aromatic rings. The highest BCUT2D eigenvalue weighted by Gasteiger charge is 2.47. The van der Waals surface area contributed by atoms with Crippen molar-refractivity contribution in [3.63, 3.8) is 0 Å². The number of carbonyl (C=O) groups is 3. The molecule has 1 aliphatic rings. The van der Waals surface area contributed by atoms with E-state index < -0.39 is 36.1 Å². The van der Waals surface area contributed by atoms with Gasteiger partial charge in [0, 0.05) is 13.3 Å². The zero-order chi connectivity index (χ0) is 16.2. The molecule has 1 fully saturated rings. The highest BCUT2D eigenvalue weighted by Crippen LogP contribution is 2.32. The van der Waals surface area contributed by atoms with Crippen molar-refractivity contribution < 1.29 is 29.0 Å². The molecule has 1 aliphatic heterocycles. The molecular weight excluding hydrogens is 278 g/mol. The van der Waals surface area contributed by atoms with E-state index >= 15 is 0 Å². The maximum Gasteiger partial charge on any atom is 0.332 e. The first-order chi connectivity index (χ1) is 9.76. The summed E-state index contributed by atoms with van der Waals surface area (Å²) in [6, 6.07) is -0.420. The van der Waals surface area contributed by atoms with Crippen LogP contribution in [0.25, 0.3) is 0 Å². The third kappa shape index (κ3) is 4.70. The molecule has 7 heteroatoms. The van der Waals surface area contributed by atoms with Gasteiger partial charge in [-0.1, -0.05) is 13.8 Å². The summed E-state index contributed by atoms with van der Waals surface area (Å²) in [7, 11) is 1.25. The monoisotopic (exact) mass is 301 g/mol. The number of rotatable bonds is 6. The van der Waals surface area contributed by atoms with Crippen LogP contribution in [0.4, 0.5) is 0 Å². The summed E-state index contributed by atoms with van der Waals surface area (Å²) in [6.45, 7) is 5.33. The van der Waals surface area contributed by atoms with Gasteiger partial charge in [0.1, 0.15) is 0 Å². The van der Waals surface area contributed by atoms with Gasteiger partial charge in [0.25, 0.3) is 0 Å². The van der Waals surface area contributed by atoms with Gasteiger partial charge in [0.05, 0.1) is 25.2 Å². The number of methoxy groups -OCH3 is 1. The Labute approximate surface area is 124 Å². The van der Waals surface area contributed by atoms with Crippen LogP contribution in [0.2, 0.25) is 0 Å². The summed E-state index contributed by atoms with van der Waals surface area (Å²) >= 11 is 0. The third-order valence-corrected chi connectivity index (χ3v) is 3.48. The molecule has 2 N–H and O–H groups in total. The number of carbonyl (C=O) groups excluding carboxylic acids is 2. The average molecular weight is 301 g/mol. The molecule has 1 unspecified atom stereocenters. The van der Waals surface area contributed by atoms with Crippen LogP contribution < -0.4 is 5.32 Å². The minimum absolute atomic E-state index is 0.0564. The van der Waals surface area contributed by atoms with Gasteiger partial charge in [-0.15, -0.1) is 0 Å². The van der Waals surface area contributed by atoms with E-state index in [0.717, 1.165) is 0 Å². The van der Waals surface area contributed by atoms with Gasteiger partial charge in [-0.2, -0.15) is 0 Å². The highest BCUT2D eigenvalue weighted by atomic mass is 16.5. The van der Waals surface area contributed by atoms with E-state index in [2.05, 4.69) is 5.32 Å². The minimum atomic E-state index is -1.11. The molecule has 0 saturated carbocycles. The van der Waals surface area contributed by atoms with Crippen molar-refractivity contribution in [2.75, 3.05) is 7.11 Å². The molecule has 0 bridgehead atoms. The maximum atomic E-state index is 11.9. The Morgan fingerprint density at radius 2 is 2.00 bits per heavy atom. The molecule has 1 rings (SSSR count). The van der Waals surface area contributed by atoms with Gasteiger partial charge in [-0.3, -0.25) is 9.59 Å². The van der Waals surface area contributed by atoms with Gasteiger partial charge in [-0.25, -0.2) is 4.79 Å². The van der Waals surface area contributed by atoms with Crippen LogP contribution in [0.15, 0.2) is 0 Å². The predicted octanol–water partition coefficient (Wildman–Crippen LogP) is 0.569. The van der Waals surface area contributed by atoms with Crippen LogP contribution in [0, 0.1) is 11.8 Å². The molecule has 21 heavy (non-hydrogen) atoms. The lowest BCUT2D eigenvalue weighted by Crippen LogP contribution is -2.47. The van der Waals surface area contributed by atoms with Crippen LogP contribution in [0.1, 0.15) is 33.6 Å². The van der Waals surface area contributed by atoms with Crippen molar-refractivity contribution in [1.29, 1.82) is 0 Å². The molecule has 0 aromatic carbocycles. The van der Waals surface area contributed by atoms with Gasteiger partial charge in [-0.05, 0) is 12.3 Å². The lowest BCUT2D eigenvalue weighted by molar-refractivity contribution is -0.153. The Kier molecular flexibility index (Phi) is 6.14. The first-order valence-electron chi connectivity index (χ1n) is 6.99. The van der Waals surface area contributed by atoms with E-state index in [9.17, 15) is 14.4 Å². The van der Waals surface area contributed by atoms with Crippen LogP contribution in [0.3, 0.4) is 0 Å². The van der Waals surface area contributed by atoms with Gasteiger partial charge < -0.3 is 19.9 Å². The van der Waals surface area contributed by atoms with E-state index in [1.807, 2.05) is 13.8 Å². The quantitative estimate of drug-likeness (QED) is 0.695. The number of amides is 1. The van der Waals surface area contributed by atoms with Crippen LogP contribution in [-0.4, -0.2) is 48.3 Å². The van der Waals surface area contributed by atoms with Gasteiger partial charge in [0.2, 0.25) is 5.91 Å². The fraction of sp³-hybridized carbons (Fsp3) is 0.786. The minimum Gasteiger partial charge on any atom is -0.479 e. The zero-order valence-corrected chi connectivity index (χ0v) is 12.8. The van der Waals surface area contributed by atoms with E-state index in [4.69, 9.17) is 14.6 Å². The second-order valence-corrected chi connectivity index (χ2v) is 5.73. The average Bonchev–Trinajstić information content (AvgIpc) is 2.81. The summed E-state index contributed by atoms with van der Waals surface area (Å²) in [5.74, 6) is -2.30. The number of carboxylic acids is 1. The van der Waals surface area contributed by atoms with Crippen molar-refractivity contribution in [1.82, 2.24) is 5.32 Å². The number of ether oxygens (including phenoxy) is 2. The van der Waals surface area contributed by atoms with Gasteiger partial charge in [0.15, 0.2) is 6.10 Å². The Balaban J connectivity index is 2.96.